The summed E-state index contributed by atoms with van der Waals surface area (Å²) in [6.07, 6.45) is 1.24. The van der Waals surface area contributed by atoms with E-state index in [1.807, 2.05) is 78.9 Å². The molecule has 4 fully saturated rings. The number of methoxy groups -OCH3 is 2. The molecular weight excluding hydrogens is 564 g/mol. The summed E-state index contributed by atoms with van der Waals surface area (Å²) in [7, 11) is 3.26. The molecule has 2 aliphatic carbocycles. The molecular formula is C34H32N2O8. The minimum Gasteiger partial charge on any atom is -0.497 e. The maximum Gasteiger partial charge on any atom is 0.328 e. The minimum atomic E-state index is -1.45. The number of aryl methyl sites for hydroxylation is 1. The van der Waals surface area contributed by atoms with E-state index >= 15 is 0 Å². The van der Waals surface area contributed by atoms with Crippen molar-refractivity contribution in [2.75, 3.05) is 20.8 Å². The van der Waals surface area contributed by atoms with Crippen LogP contribution in [0.25, 0.3) is 0 Å². The summed E-state index contributed by atoms with van der Waals surface area (Å²) in [6, 6.07) is 25.1. The monoisotopic (exact) mass is 596 g/mol. The van der Waals surface area contributed by atoms with Gasteiger partial charge in [0.2, 0.25) is 0 Å². The fraction of sp³-hybridized carbons (Fsp3) is 0.353. The molecule has 2 saturated heterocycles. The van der Waals surface area contributed by atoms with Crippen LogP contribution >= 0.6 is 0 Å². The van der Waals surface area contributed by atoms with E-state index < -0.39 is 40.4 Å². The number of rotatable bonds is 9. The van der Waals surface area contributed by atoms with E-state index in [-0.39, 0.29) is 24.5 Å². The van der Waals surface area contributed by atoms with Crippen molar-refractivity contribution in [3.63, 3.8) is 0 Å². The molecule has 2 bridgehead atoms. The van der Waals surface area contributed by atoms with Gasteiger partial charge in [-0.05, 0) is 47.9 Å². The number of H-pyrrole nitrogens is 1. The van der Waals surface area contributed by atoms with Crippen LogP contribution in [0.4, 0.5) is 0 Å². The molecule has 0 spiro atoms. The van der Waals surface area contributed by atoms with Gasteiger partial charge in [0.15, 0.2) is 11.6 Å². The Labute approximate surface area is 252 Å². The Balaban J connectivity index is 1.13. The number of ether oxygens (including phenoxy) is 5. The summed E-state index contributed by atoms with van der Waals surface area (Å²) in [5.41, 5.74) is 1.11. The molecule has 1 aromatic heterocycles. The third-order valence-electron chi connectivity index (χ3n) is 10.00. The van der Waals surface area contributed by atoms with Crippen LogP contribution < -0.4 is 20.7 Å². The van der Waals surface area contributed by atoms with Gasteiger partial charge in [-0.15, -0.1) is 0 Å². The molecule has 4 aromatic rings. The summed E-state index contributed by atoms with van der Waals surface area (Å²) in [5.74, 6) is -2.06. The highest BCUT2D eigenvalue weighted by Gasteiger charge is 2.95. The summed E-state index contributed by atoms with van der Waals surface area (Å²) >= 11 is 0. The lowest BCUT2D eigenvalue weighted by atomic mass is 9.64. The van der Waals surface area contributed by atoms with Gasteiger partial charge in [0.1, 0.15) is 23.1 Å². The van der Waals surface area contributed by atoms with Gasteiger partial charge in [0.25, 0.3) is 5.56 Å². The average Bonchev–Trinajstić information content (AvgIpc) is 3.41. The van der Waals surface area contributed by atoms with Gasteiger partial charge in [-0.2, -0.15) is 0 Å². The SMILES string of the molecule is COc1ccc(C(OCC2C3OC45OC2(O)C3C4C5n2cc(C)c(=O)[nH]c2=O)(c2ccccc2)c2ccc(OC)cc2)cc1. The summed E-state index contributed by atoms with van der Waals surface area (Å²) in [5, 5.41) is 11.8. The number of aliphatic hydroxyl groups is 1. The molecule has 8 rings (SSSR count). The van der Waals surface area contributed by atoms with E-state index in [0.29, 0.717) is 5.56 Å². The van der Waals surface area contributed by atoms with Gasteiger partial charge in [0, 0.05) is 11.8 Å². The van der Waals surface area contributed by atoms with E-state index in [1.54, 1.807) is 21.1 Å². The smallest absolute Gasteiger partial charge is 0.328 e. The second-order valence-corrected chi connectivity index (χ2v) is 12.1. The van der Waals surface area contributed by atoms with E-state index in [4.69, 9.17) is 23.7 Å². The topological polar surface area (TPSA) is 121 Å². The second-order valence-electron chi connectivity index (χ2n) is 12.1. The molecule has 226 valence electrons. The first-order chi connectivity index (χ1) is 21.3. The Kier molecular flexibility index (Phi) is 5.83. The number of aromatic amines is 1. The van der Waals surface area contributed by atoms with Crippen LogP contribution in [-0.4, -0.2) is 53.2 Å². The Morgan fingerprint density at radius 1 is 0.886 bits per heavy atom. The molecule has 10 heteroatoms. The zero-order chi connectivity index (χ0) is 30.4. The lowest BCUT2D eigenvalue weighted by Crippen LogP contribution is -2.72. The number of nitrogens with one attached hydrogen (secondary N) is 1. The Morgan fingerprint density at radius 2 is 1.48 bits per heavy atom. The molecule has 3 heterocycles. The first-order valence-electron chi connectivity index (χ1n) is 14.7. The Hall–Kier alpha value is -4.22. The predicted octanol–water partition coefficient (Wildman–Crippen LogP) is 3.10. The average molecular weight is 597 g/mol. The fourth-order valence-corrected chi connectivity index (χ4v) is 7.84. The molecule has 2 N–H and O–H groups in total. The Bertz CT molecular complexity index is 1810. The van der Waals surface area contributed by atoms with Crippen molar-refractivity contribution < 1.29 is 28.8 Å². The zero-order valence-electron chi connectivity index (χ0n) is 24.4. The second kappa shape index (κ2) is 9.39. The maximum absolute atomic E-state index is 12.6. The van der Waals surface area contributed by atoms with Crippen LogP contribution in [0.3, 0.4) is 0 Å². The first-order valence-corrected chi connectivity index (χ1v) is 14.7. The van der Waals surface area contributed by atoms with E-state index in [2.05, 4.69) is 4.98 Å². The number of benzene rings is 3. The predicted molar refractivity (Wildman–Crippen MR) is 157 cm³/mol. The standard InChI is InChI=1S/C34H32N2O8/c1-19-17-36(31(38)35-30(19)37)29-27-26-28-25(33(26,39)44-34(27,29)43-28)18-42-32(20-7-5-4-6-8-20,21-9-13-23(40-2)14-10-21)22-11-15-24(41-3)16-12-22/h4-17,25-29,39H,18H2,1-3H3,(H,35,37,38). The lowest BCUT2D eigenvalue weighted by Gasteiger charge is -2.58. The third kappa shape index (κ3) is 3.50. The number of aromatic nitrogens is 2. The highest BCUT2D eigenvalue weighted by molar-refractivity contribution is 5.50. The largest absolute Gasteiger partial charge is 0.497 e. The molecule has 4 aliphatic rings. The van der Waals surface area contributed by atoms with Crippen LogP contribution in [-0.2, 0) is 19.8 Å². The minimum absolute atomic E-state index is 0.135. The number of hydrogen-bond acceptors (Lipinski definition) is 8. The number of nitrogens with zero attached hydrogens (tertiary/aromatic N) is 1. The van der Waals surface area contributed by atoms with Gasteiger partial charge in [-0.25, -0.2) is 4.79 Å². The molecule has 44 heavy (non-hydrogen) atoms. The molecule has 7 atom stereocenters. The van der Waals surface area contributed by atoms with Crippen molar-refractivity contribution in [3.8, 4) is 11.5 Å². The number of hydrogen-bond donors (Lipinski definition) is 2. The molecule has 10 nitrogen and oxygen atoms in total. The van der Waals surface area contributed by atoms with Gasteiger partial charge in [0.05, 0.1) is 44.7 Å². The van der Waals surface area contributed by atoms with Crippen LogP contribution in [0.5, 0.6) is 11.5 Å². The molecule has 2 saturated carbocycles. The quantitative estimate of drug-likeness (QED) is 0.283. The van der Waals surface area contributed by atoms with Crippen LogP contribution in [0, 0.1) is 24.7 Å². The summed E-state index contributed by atoms with van der Waals surface area (Å²) < 4.78 is 32.1. The fourth-order valence-electron chi connectivity index (χ4n) is 7.84. The van der Waals surface area contributed by atoms with Crippen molar-refractivity contribution in [1.29, 1.82) is 0 Å². The van der Waals surface area contributed by atoms with Crippen LogP contribution in [0.1, 0.15) is 28.3 Å². The van der Waals surface area contributed by atoms with Gasteiger partial charge in [-0.1, -0.05) is 54.6 Å². The van der Waals surface area contributed by atoms with Gasteiger partial charge in [-0.3, -0.25) is 14.3 Å². The maximum atomic E-state index is 12.6. The van der Waals surface area contributed by atoms with Crippen molar-refractivity contribution in [2.45, 2.75) is 36.2 Å². The summed E-state index contributed by atoms with van der Waals surface area (Å²) in [4.78, 5) is 26.9. The summed E-state index contributed by atoms with van der Waals surface area (Å²) in [6.45, 7) is 1.78. The third-order valence-corrected chi connectivity index (χ3v) is 10.00. The molecule has 7 unspecified atom stereocenters. The normalized spacial score (nSPS) is 30.9. The van der Waals surface area contributed by atoms with E-state index in [1.165, 1.54) is 10.8 Å². The molecule has 0 radical (unpaired) electrons. The molecule has 3 aromatic carbocycles. The highest BCUT2D eigenvalue weighted by atomic mass is 16.8. The van der Waals surface area contributed by atoms with Gasteiger partial charge >= 0.3 is 5.69 Å². The highest BCUT2D eigenvalue weighted by Crippen LogP contribution is 2.82. The molecule has 0 amide bonds. The zero-order valence-corrected chi connectivity index (χ0v) is 24.4. The van der Waals surface area contributed by atoms with Crippen LogP contribution in [0.15, 0.2) is 94.6 Å². The van der Waals surface area contributed by atoms with Crippen molar-refractivity contribution >= 4 is 0 Å². The van der Waals surface area contributed by atoms with Crippen molar-refractivity contribution in [1.82, 2.24) is 9.55 Å². The van der Waals surface area contributed by atoms with Gasteiger partial charge < -0.3 is 28.8 Å². The van der Waals surface area contributed by atoms with E-state index in [0.717, 1.165) is 28.2 Å². The first kappa shape index (κ1) is 27.3. The van der Waals surface area contributed by atoms with Crippen molar-refractivity contribution in [2.24, 2.45) is 17.8 Å². The Morgan fingerprint density at radius 3 is 2.00 bits per heavy atom. The van der Waals surface area contributed by atoms with Crippen LogP contribution in [0.2, 0.25) is 0 Å². The lowest BCUT2D eigenvalue weighted by molar-refractivity contribution is -0.454. The van der Waals surface area contributed by atoms with E-state index in [9.17, 15) is 14.7 Å². The van der Waals surface area contributed by atoms with Crippen molar-refractivity contribution in [3.05, 3.63) is 128 Å². The molecule has 2 aliphatic heterocycles.